The summed E-state index contributed by atoms with van der Waals surface area (Å²) in [5.41, 5.74) is 6.25. The number of nitrogens with zero attached hydrogens (tertiary/aromatic N) is 8. The summed E-state index contributed by atoms with van der Waals surface area (Å²) in [6, 6.07) is 23.1. The van der Waals surface area contributed by atoms with Gasteiger partial charge in [-0.3, -0.25) is 14.8 Å². The Balaban J connectivity index is 0.000000162. The van der Waals surface area contributed by atoms with E-state index in [1.165, 1.54) is 100 Å². The van der Waals surface area contributed by atoms with E-state index in [-0.39, 0.29) is 5.82 Å². The molecule has 0 unspecified atom stereocenters. The van der Waals surface area contributed by atoms with Gasteiger partial charge in [0.1, 0.15) is 11.5 Å². The molecule has 0 saturated carbocycles. The number of hydrogen-bond donors (Lipinski definition) is 4. The molecule has 4 aromatic heterocycles. The molecule has 342 valence electrons. The molecule has 0 radical (unpaired) electrons. The Morgan fingerprint density at radius 1 is 0.656 bits per heavy atom. The summed E-state index contributed by atoms with van der Waals surface area (Å²) in [5, 5.41) is 18.2. The van der Waals surface area contributed by atoms with Gasteiger partial charge in [0, 0.05) is 135 Å². The van der Waals surface area contributed by atoms with Crippen LogP contribution in [-0.4, -0.2) is 149 Å². The van der Waals surface area contributed by atoms with Gasteiger partial charge in [-0.15, -0.1) is 5.10 Å². The van der Waals surface area contributed by atoms with Gasteiger partial charge in [0.25, 0.3) is 5.89 Å². The predicted molar refractivity (Wildman–Crippen MR) is 258 cm³/mol. The SMILES string of the molecule is CC(C)N1CCC(NC2CCN(c3nnc(-c4cc5cc(F)ccc5[nH]4)o3)CC2)CC1.CC(C)N1CCN(CCNC2CCN(c3cncc(-c4cc5ccccc5[nH]4)c3)CC2)CC1. The number of fused-ring (bicyclic) bond motifs is 2. The summed E-state index contributed by atoms with van der Waals surface area (Å²) in [5.74, 6) is 0.176. The molecule has 10 rings (SSSR count). The average molecular weight is 873 g/mol. The summed E-state index contributed by atoms with van der Waals surface area (Å²) in [7, 11) is 0. The second-order valence-electron chi connectivity index (χ2n) is 19.0. The molecule has 8 heterocycles. The lowest BCUT2D eigenvalue weighted by atomic mass is 9.99. The molecule has 0 atom stereocenters. The van der Waals surface area contributed by atoms with Crippen LogP contribution in [0.15, 0.2) is 77.5 Å². The van der Waals surface area contributed by atoms with Crippen molar-refractivity contribution in [2.24, 2.45) is 0 Å². The van der Waals surface area contributed by atoms with Crippen LogP contribution in [0.2, 0.25) is 0 Å². The predicted octanol–water partition coefficient (Wildman–Crippen LogP) is 7.60. The smallest absolute Gasteiger partial charge is 0.318 e. The van der Waals surface area contributed by atoms with Crippen molar-refractivity contribution in [3.05, 3.63) is 78.9 Å². The Bertz CT molecular complexity index is 2340. The molecular weight excluding hydrogens is 804 g/mol. The fraction of sp³-hybridized carbons (Fsp3) is 0.540. The van der Waals surface area contributed by atoms with Crippen LogP contribution in [-0.2, 0) is 0 Å². The first-order valence-electron chi connectivity index (χ1n) is 24.1. The molecule has 4 aliphatic heterocycles. The summed E-state index contributed by atoms with van der Waals surface area (Å²) >= 11 is 0. The fourth-order valence-electron chi connectivity index (χ4n) is 10.1. The van der Waals surface area contributed by atoms with E-state index in [1.807, 2.05) is 18.5 Å². The van der Waals surface area contributed by atoms with Crippen molar-refractivity contribution in [3.8, 4) is 22.8 Å². The zero-order chi connectivity index (χ0) is 44.0. The number of halogens is 1. The van der Waals surface area contributed by atoms with E-state index in [2.05, 4.69) is 124 Å². The maximum absolute atomic E-state index is 13.4. The Kier molecular flexibility index (Phi) is 14.2. The molecule has 0 bridgehead atoms. The van der Waals surface area contributed by atoms with Crippen molar-refractivity contribution in [3.63, 3.8) is 0 Å². The van der Waals surface area contributed by atoms with E-state index in [4.69, 9.17) is 4.42 Å². The Morgan fingerprint density at radius 2 is 1.30 bits per heavy atom. The largest absolute Gasteiger partial charge is 0.402 e. The number of aromatic amines is 2. The van der Waals surface area contributed by atoms with Crippen LogP contribution in [0.3, 0.4) is 0 Å². The van der Waals surface area contributed by atoms with Crippen LogP contribution < -0.4 is 20.4 Å². The monoisotopic (exact) mass is 873 g/mol. The lowest BCUT2D eigenvalue weighted by Crippen LogP contribution is -2.51. The quantitative estimate of drug-likeness (QED) is 0.0973. The number of rotatable bonds is 12. The standard InChI is InChI=1S/C27H38N6.C23H31FN6O/c1-21(2)32-15-13-31(14-16-32)12-9-29-24-7-10-33(11-8-24)25-17-23(19-28-20-25)27-18-22-5-3-4-6-26(22)30-27;1-15(2)29-9-5-18(6-10-29)25-19-7-11-30(12-8-19)23-28-27-22(31-23)21-14-16-13-17(24)3-4-20(16)26-21/h3-6,17-21,24,29-30H,7-16H2,1-2H3;3-4,13-15,18-19,25-26H,5-12H2,1-2H3. The van der Waals surface area contributed by atoms with E-state index in [0.717, 1.165) is 67.7 Å². The average Bonchev–Trinajstić information content (AvgIpc) is 4.09. The molecule has 6 aromatic rings. The van der Waals surface area contributed by atoms with Gasteiger partial charge in [0.2, 0.25) is 0 Å². The zero-order valence-electron chi connectivity index (χ0n) is 38.4. The van der Waals surface area contributed by atoms with Gasteiger partial charge < -0.3 is 39.7 Å². The first-order valence-corrected chi connectivity index (χ1v) is 24.1. The number of nitrogens with one attached hydrogen (secondary N) is 4. The highest BCUT2D eigenvalue weighted by atomic mass is 19.1. The van der Waals surface area contributed by atoms with E-state index in [9.17, 15) is 4.39 Å². The molecule has 0 aliphatic carbocycles. The molecule has 4 aliphatic rings. The zero-order valence-corrected chi connectivity index (χ0v) is 38.4. The van der Waals surface area contributed by atoms with Crippen molar-refractivity contribution >= 4 is 33.5 Å². The van der Waals surface area contributed by atoms with Gasteiger partial charge in [0.05, 0.1) is 11.9 Å². The number of H-pyrrole nitrogens is 2. The highest BCUT2D eigenvalue weighted by Gasteiger charge is 2.28. The van der Waals surface area contributed by atoms with Crippen molar-refractivity contribution in [1.82, 2.24) is 50.5 Å². The summed E-state index contributed by atoms with van der Waals surface area (Å²) in [6.07, 6.45) is 11.0. The number of piperidine rings is 3. The van der Waals surface area contributed by atoms with Gasteiger partial charge >= 0.3 is 6.01 Å². The Hall–Kier alpha value is -4.86. The van der Waals surface area contributed by atoms with Crippen molar-refractivity contribution < 1.29 is 8.81 Å². The second-order valence-corrected chi connectivity index (χ2v) is 19.0. The van der Waals surface area contributed by atoms with Gasteiger partial charge in [0.15, 0.2) is 0 Å². The molecule has 13 nitrogen and oxygen atoms in total. The number of hydrogen-bond acceptors (Lipinski definition) is 11. The molecule has 4 fully saturated rings. The highest BCUT2D eigenvalue weighted by molar-refractivity contribution is 5.86. The lowest BCUT2D eigenvalue weighted by molar-refractivity contribution is 0.108. The molecule has 14 heteroatoms. The van der Waals surface area contributed by atoms with Gasteiger partial charge in [-0.05, 0) is 122 Å². The summed E-state index contributed by atoms with van der Waals surface area (Å²) < 4.78 is 19.4. The minimum absolute atomic E-state index is 0.258. The Labute approximate surface area is 378 Å². The van der Waals surface area contributed by atoms with Crippen LogP contribution >= 0.6 is 0 Å². The second kappa shape index (κ2) is 20.5. The van der Waals surface area contributed by atoms with Gasteiger partial charge in [-0.2, -0.15) is 0 Å². The maximum Gasteiger partial charge on any atom is 0.318 e. The molecule has 4 N–H and O–H groups in total. The van der Waals surface area contributed by atoms with Crippen molar-refractivity contribution in [2.45, 2.75) is 96.4 Å². The van der Waals surface area contributed by atoms with Crippen LogP contribution in [0.4, 0.5) is 16.1 Å². The topological polar surface area (TPSA) is 124 Å². The minimum atomic E-state index is -0.258. The normalized spacial score (nSPS) is 19.4. The number of likely N-dealkylation sites (tertiary alicyclic amines) is 1. The summed E-state index contributed by atoms with van der Waals surface area (Å²) in [6.45, 7) is 22.6. The highest BCUT2D eigenvalue weighted by Crippen LogP contribution is 2.30. The van der Waals surface area contributed by atoms with E-state index in [0.29, 0.717) is 47.8 Å². The van der Waals surface area contributed by atoms with E-state index >= 15 is 0 Å². The molecule has 64 heavy (non-hydrogen) atoms. The first kappa shape index (κ1) is 44.3. The third-order valence-corrected chi connectivity index (χ3v) is 14.1. The van der Waals surface area contributed by atoms with Gasteiger partial charge in [-0.1, -0.05) is 23.3 Å². The minimum Gasteiger partial charge on any atom is -0.402 e. The number of para-hydroxylation sites is 1. The summed E-state index contributed by atoms with van der Waals surface area (Å²) in [4.78, 5) is 23.7. The fourth-order valence-corrected chi connectivity index (χ4v) is 10.1. The number of piperazine rings is 1. The van der Waals surface area contributed by atoms with Gasteiger partial charge in [-0.25, -0.2) is 4.39 Å². The van der Waals surface area contributed by atoms with Crippen LogP contribution in [0.5, 0.6) is 0 Å². The van der Waals surface area contributed by atoms with E-state index < -0.39 is 0 Å². The van der Waals surface area contributed by atoms with Crippen LogP contribution in [0.25, 0.3) is 44.6 Å². The molecule has 0 amide bonds. The van der Waals surface area contributed by atoms with Crippen LogP contribution in [0.1, 0.15) is 66.2 Å². The molecule has 2 aromatic carbocycles. The van der Waals surface area contributed by atoms with Crippen molar-refractivity contribution in [2.75, 3.05) is 88.3 Å². The molecule has 4 saturated heterocycles. The third-order valence-electron chi connectivity index (χ3n) is 14.1. The maximum atomic E-state index is 13.4. The number of aromatic nitrogens is 5. The third kappa shape index (κ3) is 11.0. The number of benzene rings is 2. The van der Waals surface area contributed by atoms with E-state index in [1.54, 1.807) is 6.07 Å². The number of pyridine rings is 1. The Morgan fingerprint density at radius 3 is 2.03 bits per heavy atom. The molecular formula is C50H69FN12O. The lowest BCUT2D eigenvalue weighted by Gasteiger charge is -2.38. The number of anilines is 2. The van der Waals surface area contributed by atoms with Crippen molar-refractivity contribution in [1.29, 1.82) is 0 Å². The van der Waals surface area contributed by atoms with Crippen LogP contribution in [0, 0.1) is 5.82 Å². The molecule has 0 spiro atoms. The first-order chi connectivity index (χ1) is 31.2.